The maximum absolute atomic E-state index is 13.5. The zero-order valence-corrected chi connectivity index (χ0v) is 22.1. The molecule has 2 unspecified atom stereocenters. The molecule has 1 saturated heterocycles. The molecule has 2 atom stereocenters. The molecule has 1 aliphatic heterocycles. The summed E-state index contributed by atoms with van der Waals surface area (Å²) in [5.41, 5.74) is 10.2. The number of rotatable bonds is 11. The first-order valence-corrected chi connectivity index (χ1v) is 13.2. The third kappa shape index (κ3) is 7.44. The second-order valence-electron chi connectivity index (χ2n) is 9.86. The predicted octanol–water partition coefficient (Wildman–Crippen LogP) is 1.41. The van der Waals surface area contributed by atoms with E-state index < -0.39 is 24.1 Å². The molecule has 3 amide bonds. The number of aromatic nitrogens is 3. The van der Waals surface area contributed by atoms with E-state index >= 15 is 0 Å². The van der Waals surface area contributed by atoms with Gasteiger partial charge in [0.15, 0.2) is 0 Å². The van der Waals surface area contributed by atoms with E-state index in [-0.39, 0.29) is 12.5 Å². The van der Waals surface area contributed by atoms with Gasteiger partial charge >= 0.3 is 6.09 Å². The van der Waals surface area contributed by atoms with Gasteiger partial charge in [-0.3, -0.25) is 19.7 Å². The third-order valence-electron chi connectivity index (χ3n) is 7.03. The van der Waals surface area contributed by atoms with Crippen LogP contribution in [0.4, 0.5) is 10.5 Å². The number of amides is 3. The van der Waals surface area contributed by atoms with E-state index in [1.165, 1.54) is 0 Å². The highest BCUT2D eigenvalue weighted by molar-refractivity contribution is 5.90. The highest BCUT2D eigenvalue weighted by Gasteiger charge is 2.30. The number of nitrogens with zero attached hydrogens (tertiary/aromatic N) is 4. The van der Waals surface area contributed by atoms with Crippen LogP contribution in [0.1, 0.15) is 30.4 Å². The summed E-state index contributed by atoms with van der Waals surface area (Å²) in [6.07, 6.45) is 5.98. The Morgan fingerprint density at radius 1 is 1.13 bits per heavy atom. The van der Waals surface area contributed by atoms with Crippen molar-refractivity contribution >= 4 is 34.5 Å². The van der Waals surface area contributed by atoms with E-state index in [1.54, 1.807) is 23.5 Å². The summed E-state index contributed by atoms with van der Waals surface area (Å²) in [7, 11) is 0. The van der Waals surface area contributed by atoms with Crippen molar-refractivity contribution in [1.29, 1.82) is 0 Å². The quantitative estimate of drug-likeness (QED) is 0.229. The van der Waals surface area contributed by atoms with Crippen molar-refractivity contribution in [2.24, 2.45) is 5.73 Å². The number of nitrogens with two attached hydrogens (primary N) is 1. The summed E-state index contributed by atoms with van der Waals surface area (Å²) in [4.78, 5) is 45.4. The van der Waals surface area contributed by atoms with Crippen molar-refractivity contribution in [3.05, 3.63) is 54.0 Å². The van der Waals surface area contributed by atoms with Gasteiger partial charge in [0.2, 0.25) is 11.8 Å². The van der Waals surface area contributed by atoms with Crippen LogP contribution in [-0.2, 0) is 16.0 Å². The lowest BCUT2D eigenvalue weighted by Crippen LogP contribution is -2.57. The minimum Gasteiger partial charge on any atom is -0.465 e. The Balaban J connectivity index is 1.37. The third-order valence-corrected chi connectivity index (χ3v) is 7.03. The number of pyridine rings is 1. The Morgan fingerprint density at radius 2 is 1.87 bits per heavy atom. The monoisotopic (exact) mass is 536 g/mol. The summed E-state index contributed by atoms with van der Waals surface area (Å²) in [6, 6.07) is 6.26. The molecule has 0 spiro atoms. The molecule has 1 aliphatic rings. The molecule has 3 aromatic rings. The molecular formula is C27H36N8O4. The lowest BCUT2D eigenvalue weighted by atomic mass is 10.0. The fourth-order valence-corrected chi connectivity index (χ4v) is 4.94. The van der Waals surface area contributed by atoms with Gasteiger partial charge < -0.3 is 31.3 Å². The van der Waals surface area contributed by atoms with Crippen molar-refractivity contribution < 1.29 is 19.5 Å². The SMILES string of the molecule is Cc1cc(CC(N)C(=O)NC(CCCCNC(=O)O)C(=O)N2CCN(c3ccncc3)CC2)cc2cn[nH]c12. The maximum Gasteiger partial charge on any atom is 0.404 e. The second kappa shape index (κ2) is 13.1. The van der Waals surface area contributed by atoms with Gasteiger partial charge in [0.25, 0.3) is 0 Å². The number of aryl methyl sites for hydroxylation is 1. The van der Waals surface area contributed by atoms with Gasteiger partial charge in [-0.05, 0) is 61.9 Å². The Labute approximate surface area is 226 Å². The van der Waals surface area contributed by atoms with Crippen LogP contribution in [0.2, 0.25) is 0 Å². The van der Waals surface area contributed by atoms with Crippen LogP contribution in [-0.4, -0.2) is 87.9 Å². The van der Waals surface area contributed by atoms with Gasteiger partial charge in [-0.25, -0.2) is 4.79 Å². The number of aromatic amines is 1. The number of H-pyrrole nitrogens is 1. The maximum atomic E-state index is 13.5. The molecule has 1 fully saturated rings. The number of fused-ring (bicyclic) bond motifs is 1. The van der Waals surface area contributed by atoms with Gasteiger partial charge in [0.1, 0.15) is 6.04 Å². The van der Waals surface area contributed by atoms with E-state index in [9.17, 15) is 14.4 Å². The van der Waals surface area contributed by atoms with Crippen molar-refractivity contribution in [2.75, 3.05) is 37.6 Å². The molecule has 6 N–H and O–H groups in total. The molecule has 208 valence electrons. The molecule has 12 heteroatoms. The summed E-state index contributed by atoms with van der Waals surface area (Å²) < 4.78 is 0. The van der Waals surface area contributed by atoms with Crippen molar-refractivity contribution in [1.82, 2.24) is 30.7 Å². The number of carboxylic acid groups (broad SMARTS) is 1. The highest BCUT2D eigenvalue weighted by atomic mass is 16.4. The van der Waals surface area contributed by atoms with E-state index in [2.05, 4.69) is 30.7 Å². The van der Waals surface area contributed by atoms with E-state index in [1.807, 2.05) is 31.2 Å². The van der Waals surface area contributed by atoms with Crippen LogP contribution in [0.5, 0.6) is 0 Å². The summed E-state index contributed by atoms with van der Waals surface area (Å²) in [5, 5.41) is 22.0. The van der Waals surface area contributed by atoms with Crippen LogP contribution in [0.15, 0.2) is 42.9 Å². The number of benzene rings is 1. The largest absolute Gasteiger partial charge is 0.465 e. The number of nitrogens with one attached hydrogen (secondary N) is 3. The highest BCUT2D eigenvalue weighted by Crippen LogP contribution is 2.19. The lowest BCUT2D eigenvalue weighted by molar-refractivity contribution is -0.137. The molecular weight excluding hydrogens is 500 g/mol. The molecule has 0 bridgehead atoms. The summed E-state index contributed by atoms with van der Waals surface area (Å²) in [5.74, 6) is -0.538. The minimum absolute atomic E-state index is 0.146. The second-order valence-corrected chi connectivity index (χ2v) is 9.86. The zero-order chi connectivity index (χ0) is 27.8. The first-order chi connectivity index (χ1) is 18.8. The van der Waals surface area contributed by atoms with Gasteiger partial charge in [-0.1, -0.05) is 6.07 Å². The summed E-state index contributed by atoms with van der Waals surface area (Å²) in [6.45, 7) is 4.67. The molecule has 0 aliphatic carbocycles. The molecule has 0 radical (unpaired) electrons. The van der Waals surface area contributed by atoms with Crippen LogP contribution in [0, 0.1) is 6.92 Å². The van der Waals surface area contributed by atoms with Crippen LogP contribution in [0.25, 0.3) is 10.9 Å². The molecule has 1 aromatic carbocycles. The average molecular weight is 537 g/mol. The summed E-state index contributed by atoms with van der Waals surface area (Å²) >= 11 is 0. The molecule has 39 heavy (non-hydrogen) atoms. The molecule has 4 rings (SSSR count). The fourth-order valence-electron chi connectivity index (χ4n) is 4.94. The van der Waals surface area contributed by atoms with Crippen LogP contribution >= 0.6 is 0 Å². The van der Waals surface area contributed by atoms with Gasteiger partial charge in [-0.15, -0.1) is 0 Å². The predicted molar refractivity (Wildman–Crippen MR) is 147 cm³/mol. The molecule has 12 nitrogen and oxygen atoms in total. The number of carbonyl (C=O) groups is 3. The van der Waals surface area contributed by atoms with E-state index in [4.69, 9.17) is 10.8 Å². The van der Waals surface area contributed by atoms with Gasteiger partial charge in [0, 0.05) is 56.2 Å². The number of unbranched alkanes of at least 4 members (excludes halogenated alkanes) is 1. The average Bonchev–Trinajstić information content (AvgIpc) is 3.41. The first kappa shape index (κ1) is 27.8. The van der Waals surface area contributed by atoms with E-state index in [0.717, 1.165) is 27.7 Å². The van der Waals surface area contributed by atoms with Gasteiger partial charge in [-0.2, -0.15) is 5.10 Å². The zero-order valence-electron chi connectivity index (χ0n) is 22.1. The minimum atomic E-state index is -1.09. The number of carbonyl (C=O) groups excluding carboxylic acids is 2. The topological polar surface area (TPSA) is 170 Å². The molecule has 3 heterocycles. The Hall–Kier alpha value is -4.19. The Kier molecular flexibility index (Phi) is 9.31. The normalized spacial score (nSPS) is 15.1. The smallest absolute Gasteiger partial charge is 0.404 e. The van der Waals surface area contributed by atoms with Crippen LogP contribution < -0.4 is 21.3 Å². The molecule has 0 saturated carbocycles. The van der Waals surface area contributed by atoms with Crippen LogP contribution in [0.3, 0.4) is 0 Å². The fraction of sp³-hybridized carbons (Fsp3) is 0.444. The molecule has 2 aromatic heterocycles. The standard InChI is InChI=1S/C27H36N8O4/c1-18-14-19(15-20-17-31-33-24(18)20)16-22(28)25(36)32-23(4-2-3-7-30-27(38)39)26(37)35-12-10-34(11-13-35)21-5-8-29-9-6-21/h5-6,8-9,14-15,17,22-23,30H,2-4,7,10-13,16,28H2,1H3,(H,31,33)(H,32,36)(H,38,39). The number of anilines is 1. The Morgan fingerprint density at radius 3 is 2.59 bits per heavy atom. The lowest BCUT2D eigenvalue weighted by Gasteiger charge is -2.37. The van der Waals surface area contributed by atoms with Gasteiger partial charge in [0.05, 0.1) is 17.8 Å². The Bertz CT molecular complexity index is 1270. The van der Waals surface area contributed by atoms with Crippen molar-refractivity contribution in [2.45, 2.75) is 44.7 Å². The number of hydrogen-bond acceptors (Lipinski definition) is 7. The van der Waals surface area contributed by atoms with Crippen molar-refractivity contribution in [3.63, 3.8) is 0 Å². The number of hydrogen-bond donors (Lipinski definition) is 5. The van der Waals surface area contributed by atoms with E-state index in [0.29, 0.717) is 51.9 Å². The number of piperazine rings is 1. The van der Waals surface area contributed by atoms with Crippen molar-refractivity contribution in [3.8, 4) is 0 Å². The first-order valence-electron chi connectivity index (χ1n) is 13.2.